The third-order valence-corrected chi connectivity index (χ3v) is 14.8. The molecule has 10 amide bonds. The predicted molar refractivity (Wildman–Crippen MR) is 280 cm³/mol. The van der Waals surface area contributed by atoms with Crippen LogP contribution in [-0.2, 0) is 43.0 Å². The average Bonchev–Trinajstić information content (AvgIpc) is 4.13. The number of amides is 10. The zero-order chi connectivity index (χ0) is 56.7. The Morgan fingerprint density at radius 1 is 0.810 bits per heavy atom. The molecule has 24 heteroatoms. The Morgan fingerprint density at radius 3 is 2.19 bits per heavy atom. The van der Waals surface area contributed by atoms with Gasteiger partial charge >= 0.3 is 0 Å². The normalized spacial score (nSPS) is 20.9. The number of imide groups is 2. The number of ketones is 1. The van der Waals surface area contributed by atoms with Crippen LogP contribution in [0.3, 0.4) is 0 Å². The van der Waals surface area contributed by atoms with Crippen LogP contribution < -0.4 is 36.6 Å². The molecule has 4 fully saturated rings. The Balaban J connectivity index is 0.746. The minimum absolute atomic E-state index is 0.000134. The number of Topliss-reactive ketones (excluding diaryl/α,β-unsaturated/α-hetero) is 1. The van der Waals surface area contributed by atoms with Crippen molar-refractivity contribution < 1.29 is 67.0 Å². The number of carbonyl (C=O) groups is 11. The molecule has 2 aliphatic carbocycles. The third-order valence-electron chi connectivity index (χ3n) is 14.8. The quantitative estimate of drug-likeness (QED) is 0.0418. The molecule has 3 aliphatic heterocycles. The molecular weight excluding hydrogens is 1020 g/mol. The highest BCUT2D eigenvalue weighted by molar-refractivity contribution is 6.38. The van der Waals surface area contributed by atoms with Gasteiger partial charge < -0.3 is 45.7 Å². The summed E-state index contributed by atoms with van der Waals surface area (Å²) in [5.41, 5.74) is -0.635. The maximum absolute atomic E-state index is 14.5. The zero-order valence-corrected chi connectivity index (χ0v) is 45.0. The number of rotatable bonds is 24. The van der Waals surface area contributed by atoms with Crippen LogP contribution in [0.25, 0.3) is 10.8 Å². The molecule has 2 saturated heterocycles. The third kappa shape index (κ3) is 13.4. The lowest BCUT2D eigenvalue weighted by molar-refractivity contribution is -0.146. The van der Waals surface area contributed by atoms with Gasteiger partial charge in [-0.3, -0.25) is 63.0 Å². The van der Waals surface area contributed by atoms with Crippen molar-refractivity contribution in [2.75, 3.05) is 46.1 Å². The van der Waals surface area contributed by atoms with Crippen LogP contribution >= 0.6 is 0 Å². The van der Waals surface area contributed by atoms with Crippen molar-refractivity contribution in [1.82, 2.24) is 51.7 Å². The minimum Gasteiger partial charge on any atom is -0.491 e. The highest BCUT2D eigenvalue weighted by atomic mass is 16.5. The summed E-state index contributed by atoms with van der Waals surface area (Å²) in [6.45, 7) is 9.82. The number of nitrogens with one attached hydrogen (secondary N) is 6. The van der Waals surface area contributed by atoms with Gasteiger partial charge in [-0.25, -0.2) is 9.97 Å². The average molecular weight is 1090 g/mol. The Hall–Kier alpha value is -7.73. The Bertz CT molecular complexity index is 2900. The molecule has 0 spiro atoms. The van der Waals surface area contributed by atoms with Crippen LogP contribution in [-0.4, -0.2) is 167 Å². The first kappa shape index (κ1) is 57.4. The number of hydrogen-bond donors (Lipinski definition) is 6. The van der Waals surface area contributed by atoms with E-state index in [4.69, 9.17) is 14.2 Å². The number of fused-ring (bicyclic) bond motifs is 1. The van der Waals surface area contributed by atoms with Crippen molar-refractivity contribution in [2.24, 2.45) is 17.3 Å². The van der Waals surface area contributed by atoms with Crippen LogP contribution in [0.2, 0.25) is 0 Å². The number of ether oxygens (including phenoxy) is 3. The molecule has 1 aromatic heterocycles. The fourth-order valence-corrected chi connectivity index (χ4v) is 10.6. The van der Waals surface area contributed by atoms with Gasteiger partial charge in [0.05, 0.1) is 50.4 Å². The first-order valence-corrected chi connectivity index (χ1v) is 27.0. The lowest BCUT2D eigenvalue weighted by atomic mass is 9.85. The van der Waals surface area contributed by atoms with Gasteiger partial charge in [0.25, 0.3) is 29.5 Å². The number of piperidine rings is 1. The monoisotopic (exact) mass is 1090 g/mol. The molecule has 24 nitrogen and oxygen atoms in total. The van der Waals surface area contributed by atoms with E-state index in [9.17, 15) is 52.7 Å². The molecular formula is C55H68N10O14. The van der Waals surface area contributed by atoms with E-state index in [0.717, 1.165) is 43.0 Å². The van der Waals surface area contributed by atoms with Gasteiger partial charge in [-0.1, -0.05) is 52.7 Å². The van der Waals surface area contributed by atoms with Gasteiger partial charge in [0.1, 0.15) is 47.9 Å². The number of likely N-dealkylation sites (tertiary alicyclic amines) is 1. The second kappa shape index (κ2) is 24.9. The van der Waals surface area contributed by atoms with Crippen molar-refractivity contribution >= 4 is 75.6 Å². The van der Waals surface area contributed by atoms with Crippen molar-refractivity contribution in [2.45, 2.75) is 129 Å². The Kier molecular flexibility index (Phi) is 18.1. The molecule has 2 saturated carbocycles. The maximum Gasteiger partial charge on any atom is 0.289 e. The molecule has 7 atom stereocenters. The Labute approximate surface area is 455 Å². The van der Waals surface area contributed by atoms with Crippen LogP contribution in [0.15, 0.2) is 42.7 Å². The summed E-state index contributed by atoms with van der Waals surface area (Å²) >= 11 is 0. The highest BCUT2D eigenvalue weighted by Crippen LogP contribution is 2.43. The van der Waals surface area contributed by atoms with Crippen LogP contribution in [0.4, 0.5) is 0 Å². The first-order chi connectivity index (χ1) is 37.7. The van der Waals surface area contributed by atoms with E-state index in [2.05, 4.69) is 41.9 Å². The molecule has 3 aromatic rings. The topological polar surface area (TPSA) is 320 Å². The van der Waals surface area contributed by atoms with Gasteiger partial charge in [0.15, 0.2) is 0 Å². The van der Waals surface area contributed by atoms with E-state index in [1.807, 2.05) is 6.92 Å². The molecule has 2 aromatic carbocycles. The van der Waals surface area contributed by atoms with E-state index in [-0.39, 0.29) is 106 Å². The largest absolute Gasteiger partial charge is 0.491 e. The highest BCUT2D eigenvalue weighted by Gasteiger charge is 2.52. The molecule has 2 unspecified atom stereocenters. The van der Waals surface area contributed by atoms with E-state index in [1.54, 1.807) is 45.0 Å². The molecule has 8 rings (SSSR count). The molecule has 0 bridgehead atoms. The fraction of sp³-hybridized carbons (Fsp3) is 0.545. The predicted octanol–water partition coefficient (Wildman–Crippen LogP) is 1.28. The second-order valence-electron chi connectivity index (χ2n) is 21.7. The van der Waals surface area contributed by atoms with Gasteiger partial charge in [-0.15, -0.1) is 0 Å². The van der Waals surface area contributed by atoms with Gasteiger partial charge in [0, 0.05) is 36.5 Å². The van der Waals surface area contributed by atoms with Crippen LogP contribution in [0.1, 0.15) is 134 Å². The molecule has 79 heavy (non-hydrogen) atoms. The van der Waals surface area contributed by atoms with E-state index >= 15 is 0 Å². The van der Waals surface area contributed by atoms with Gasteiger partial charge in [-0.05, 0) is 86.3 Å². The van der Waals surface area contributed by atoms with Gasteiger partial charge in [0.2, 0.25) is 35.3 Å². The number of nitrogens with zero attached hydrogens (tertiary/aromatic N) is 4. The number of carbonyl (C=O) groups excluding carboxylic acids is 11. The van der Waals surface area contributed by atoms with E-state index in [1.165, 1.54) is 17.9 Å². The van der Waals surface area contributed by atoms with Crippen molar-refractivity contribution in [3.63, 3.8) is 0 Å². The lowest BCUT2D eigenvalue weighted by Crippen LogP contribution is -2.61. The lowest BCUT2D eigenvalue weighted by Gasteiger charge is -2.37. The Morgan fingerprint density at radius 2 is 1.51 bits per heavy atom. The van der Waals surface area contributed by atoms with Crippen molar-refractivity contribution in [3.8, 4) is 5.75 Å². The zero-order valence-electron chi connectivity index (χ0n) is 45.0. The number of benzene rings is 2. The number of aromatic nitrogens is 2. The minimum atomic E-state index is -1.16. The summed E-state index contributed by atoms with van der Waals surface area (Å²) in [5.74, 6) is -6.65. The standard InChI is InChI=1S/C55H68N10O14/c1-6-9-37(44(67)51(73)60-32-14-15-32)61-50(72)43-34-12-8-11-31(34)28-64(43)54(76)45(55(3,4)5)63-46(68)29(2)59-48(70)39-27-57-38(26-58-39)47(69)56-18-19-77-20-21-78-22-23-79-33-24-30-10-7-13-35-42(30)36(25-33)53(75)65(52(35)74)40-16-17-41(66)62-49(40)71/h7,10,13,24-27,29,31-32,34,37,40,43,45H,6,8-9,11-12,14-23,28H2,1-5H3,(H,56,69)(H,59,70)(H,60,73)(H,61,72)(H,63,68)(H,62,66,71)/t29-,31-,34?,37-,40?,43-,45+/m0/s1. The molecule has 422 valence electrons. The summed E-state index contributed by atoms with van der Waals surface area (Å²) in [4.78, 5) is 156. The molecule has 6 N–H and O–H groups in total. The number of hydrogen-bond acceptors (Lipinski definition) is 16. The summed E-state index contributed by atoms with van der Waals surface area (Å²) in [7, 11) is 0. The smallest absolute Gasteiger partial charge is 0.289 e. The van der Waals surface area contributed by atoms with Crippen LogP contribution in [0, 0.1) is 17.3 Å². The molecule has 5 aliphatic rings. The van der Waals surface area contributed by atoms with Crippen molar-refractivity contribution in [1.29, 1.82) is 0 Å². The summed E-state index contributed by atoms with van der Waals surface area (Å²) < 4.78 is 17.1. The van der Waals surface area contributed by atoms with E-state index in [0.29, 0.717) is 29.4 Å². The maximum atomic E-state index is 14.5. The SMILES string of the molecule is CCC[C@H](NC(=O)[C@@H]1C2CCC[C@H]2CN1C(=O)[C@@H](NC(=O)[C@H](C)NC(=O)c1cnc(C(=O)NCCOCCOCCOc2cc3c4c(cccc4c2)C(=O)N(C2CCC(=O)NC2=O)C3=O)cn1)C(C)(C)C)C(=O)C(=O)NC1CC1. The summed E-state index contributed by atoms with van der Waals surface area (Å²) in [6.07, 6.45) is 7.02. The van der Waals surface area contributed by atoms with Crippen molar-refractivity contribution in [3.05, 3.63) is 65.2 Å². The summed E-state index contributed by atoms with van der Waals surface area (Å²) in [5, 5.41) is 16.8. The first-order valence-electron chi connectivity index (χ1n) is 27.0. The van der Waals surface area contributed by atoms with Crippen LogP contribution in [0.5, 0.6) is 5.75 Å². The summed E-state index contributed by atoms with van der Waals surface area (Å²) in [6, 6.07) is 2.85. The van der Waals surface area contributed by atoms with E-state index < -0.39 is 100 Å². The second-order valence-corrected chi connectivity index (χ2v) is 21.7. The molecule has 4 heterocycles. The van der Waals surface area contributed by atoms with Gasteiger partial charge in [-0.2, -0.15) is 0 Å². The molecule has 0 radical (unpaired) electrons. The fourth-order valence-electron chi connectivity index (χ4n) is 10.6.